The summed E-state index contributed by atoms with van der Waals surface area (Å²) in [6.07, 6.45) is 2.28. The van der Waals surface area contributed by atoms with Crippen molar-refractivity contribution in [3.8, 4) is 0 Å². The fourth-order valence-corrected chi connectivity index (χ4v) is 2.38. The minimum atomic E-state index is 0.336. The van der Waals surface area contributed by atoms with Gasteiger partial charge in [-0.25, -0.2) is 4.98 Å². The predicted octanol–water partition coefficient (Wildman–Crippen LogP) is 3.41. The van der Waals surface area contributed by atoms with Crippen LogP contribution in [0.25, 0.3) is 0 Å². The van der Waals surface area contributed by atoms with Crippen molar-refractivity contribution in [1.82, 2.24) is 10.3 Å². The van der Waals surface area contributed by atoms with Crippen LogP contribution in [-0.2, 0) is 6.42 Å². The Morgan fingerprint density at radius 2 is 2.12 bits per heavy atom. The van der Waals surface area contributed by atoms with Crippen LogP contribution in [0.1, 0.15) is 44.8 Å². The van der Waals surface area contributed by atoms with Crippen LogP contribution in [0.15, 0.2) is 5.38 Å². The van der Waals surface area contributed by atoms with Crippen molar-refractivity contribution in [2.45, 2.75) is 53.5 Å². The third-order valence-electron chi connectivity index (χ3n) is 2.68. The summed E-state index contributed by atoms with van der Waals surface area (Å²) in [7, 11) is 0. The molecule has 0 spiro atoms. The molecule has 0 atom stereocenters. The van der Waals surface area contributed by atoms with Crippen molar-refractivity contribution in [2.75, 3.05) is 6.54 Å². The van der Waals surface area contributed by atoms with Crippen LogP contribution < -0.4 is 5.32 Å². The van der Waals surface area contributed by atoms with Gasteiger partial charge in [0, 0.05) is 11.4 Å². The molecule has 1 N–H and O–H groups in total. The van der Waals surface area contributed by atoms with Crippen LogP contribution >= 0.6 is 11.3 Å². The van der Waals surface area contributed by atoms with E-state index in [1.54, 1.807) is 11.3 Å². The average Bonchev–Trinajstić information content (AvgIpc) is 2.48. The first kappa shape index (κ1) is 13.7. The maximum Gasteiger partial charge on any atom is 0.0897 e. The van der Waals surface area contributed by atoms with Gasteiger partial charge in [-0.1, -0.05) is 27.7 Å². The van der Waals surface area contributed by atoms with Crippen LogP contribution in [0, 0.1) is 12.3 Å². The molecule has 1 rings (SSSR count). The summed E-state index contributed by atoms with van der Waals surface area (Å²) in [6.45, 7) is 12.2. The molecule has 2 nitrogen and oxygen atoms in total. The van der Waals surface area contributed by atoms with E-state index in [4.69, 9.17) is 0 Å². The van der Waals surface area contributed by atoms with Gasteiger partial charge in [0.1, 0.15) is 0 Å². The fraction of sp³-hybridized carbons (Fsp3) is 0.769. The van der Waals surface area contributed by atoms with Gasteiger partial charge in [0.05, 0.1) is 10.7 Å². The first-order valence-electron chi connectivity index (χ1n) is 6.03. The first-order chi connectivity index (χ1) is 7.39. The van der Waals surface area contributed by atoms with Gasteiger partial charge in [-0.2, -0.15) is 0 Å². The lowest BCUT2D eigenvalue weighted by atomic mass is 9.84. The van der Waals surface area contributed by atoms with Gasteiger partial charge in [0.25, 0.3) is 0 Å². The molecule has 1 aromatic heterocycles. The highest BCUT2D eigenvalue weighted by molar-refractivity contribution is 7.09. The number of aromatic nitrogens is 1. The van der Waals surface area contributed by atoms with Crippen LogP contribution in [-0.4, -0.2) is 17.6 Å². The number of hydrogen-bond donors (Lipinski definition) is 1. The molecular formula is C13H24N2S. The van der Waals surface area contributed by atoms with Gasteiger partial charge < -0.3 is 5.32 Å². The maximum atomic E-state index is 4.54. The molecule has 0 unspecified atom stereocenters. The van der Waals surface area contributed by atoms with Crippen LogP contribution in [0.4, 0.5) is 0 Å². The average molecular weight is 240 g/mol. The second-order valence-corrected chi connectivity index (χ2v) is 6.62. The quantitative estimate of drug-likeness (QED) is 0.824. The Labute approximate surface area is 103 Å². The van der Waals surface area contributed by atoms with Gasteiger partial charge >= 0.3 is 0 Å². The monoisotopic (exact) mass is 240 g/mol. The molecule has 0 radical (unpaired) electrons. The molecule has 0 bridgehead atoms. The number of rotatable bonds is 6. The minimum Gasteiger partial charge on any atom is -0.315 e. The summed E-state index contributed by atoms with van der Waals surface area (Å²) >= 11 is 1.75. The SMILES string of the molecule is Cc1nc(CC(C)(C)CCNC(C)C)cs1. The van der Waals surface area contributed by atoms with E-state index in [9.17, 15) is 0 Å². The highest BCUT2D eigenvalue weighted by Gasteiger charge is 2.19. The lowest BCUT2D eigenvalue weighted by molar-refractivity contribution is 0.318. The van der Waals surface area contributed by atoms with Crippen LogP contribution in [0.5, 0.6) is 0 Å². The molecule has 16 heavy (non-hydrogen) atoms. The summed E-state index contributed by atoms with van der Waals surface area (Å²) in [5.74, 6) is 0. The topological polar surface area (TPSA) is 24.9 Å². The Morgan fingerprint density at radius 3 is 2.62 bits per heavy atom. The molecule has 3 heteroatoms. The molecule has 0 aliphatic heterocycles. The number of nitrogens with zero attached hydrogens (tertiary/aromatic N) is 1. The zero-order chi connectivity index (χ0) is 12.2. The van der Waals surface area contributed by atoms with Crippen LogP contribution in [0.3, 0.4) is 0 Å². The lowest BCUT2D eigenvalue weighted by Gasteiger charge is -2.24. The van der Waals surface area contributed by atoms with Gasteiger partial charge in [-0.3, -0.25) is 0 Å². The Hall–Kier alpha value is -0.410. The highest BCUT2D eigenvalue weighted by atomic mass is 32.1. The van der Waals surface area contributed by atoms with E-state index < -0.39 is 0 Å². The van der Waals surface area contributed by atoms with E-state index >= 15 is 0 Å². The Kier molecular flexibility index (Phi) is 4.93. The molecule has 0 amide bonds. The van der Waals surface area contributed by atoms with E-state index in [2.05, 4.69) is 50.3 Å². The van der Waals surface area contributed by atoms with Gasteiger partial charge in [-0.05, 0) is 31.7 Å². The number of aryl methyl sites for hydroxylation is 1. The number of nitrogens with one attached hydrogen (secondary N) is 1. The molecule has 0 saturated carbocycles. The fourth-order valence-electron chi connectivity index (χ4n) is 1.77. The van der Waals surface area contributed by atoms with E-state index in [0.29, 0.717) is 11.5 Å². The third kappa shape index (κ3) is 5.08. The molecule has 0 saturated heterocycles. The molecule has 1 heterocycles. The van der Waals surface area contributed by atoms with Crippen molar-refractivity contribution >= 4 is 11.3 Å². The van der Waals surface area contributed by atoms with Crippen molar-refractivity contribution in [2.24, 2.45) is 5.41 Å². The summed E-state index contributed by atoms with van der Waals surface area (Å²) in [4.78, 5) is 4.54. The largest absolute Gasteiger partial charge is 0.315 e. The third-order valence-corrected chi connectivity index (χ3v) is 3.50. The summed E-state index contributed by atoms with van der Waals surface area (Å²) in [5, 5.41) is 6.83. The smallest absolute Gasteiger partial charge is 0.0897 e. The van der Waals surface area contributed by atoms with Gasteiger partial charge in [-0.15, -0.1) is 11.3 Å². The van der Waals surface area contributed by atoms with Crippen molar-refractivity contribution < 1.29 is 0 Å². The standard InChI is InChI=1S/C13H24N2S/c1-10(2)14-7-6-13(4,5)8-12-9-16-11(3)15-12/h9-10,14H,6-8H2,1-5H3. The Bertz CT molecular complexity index is 315. The zero-order valence-electron chi connectivity index (χ0n) is 11.1. The lowest BCUT2D eigenvalue weighted by Crippen LogP contribution is -2.28. The number of thiazole rings is 1. The first-order valence-corrected chi connectivity index (χ1v) is 6.91. The summed E-state index contributed by atoms with van der Waals surface area (Å²) < 4.78 is 0. The summed E-state index contributed by atoms with van der Waals surface area (Å²) in [6, 6.07) is 0.581. The van der Waals surface area contributed by atoms with Crippen LogP contribution in [0.2, 0.25) is 0 Å². The van der Waals surface area contributed by atoms with Crippen molar-refractivity contribution in [3.05, 3.63) is 16.1 Å². The van der Waals surface area contributed by atoms with Gasteiger partial charge in [0.15, 0.2) is 0 Å². The minimum absolute atomic E-state index is 0.336. The summed E-state index contributed by atoms with van der Waals surface area (Å²) in [5.41, 5.74) is 1.58. The number of hydrogen-bond acceptors (Lipinski definition) is 3. The van der Waals surface area contributed by atoms with Crippen molar-refractivity contribution in [3.63, 3.8) is 0 Å². The molecule has 92 valence electrons. The normalized spacial score (nSPS) is 12.4. The van der Waals surface area contributed by atoms with E-state index in [-0.39, 0.29) is 0 Å². The second kappa shape index (κ2) is 5.78. The maximum absolute atomic E-state index is 4.54. The molecule has 0 aromatic carbocycles. The molecule has 1 aromatic rings. The molecule has 0 aliphatic carbocycles. The van der Waals surface area contributed by atoms with E-state index in [0.717, 1.165) is 13.0 Å². The zero-order valence-corrected chi connectivity index (χ0v) is 11.9. The van der Waals surface area contributed by atoms with E-state index in [1.165, 1.54) is 17.1 Å². The predicted molar refractivity (Wildman–Crippen MR) is 72.1 cm³/mol. The molecule has 0 aliphatic rings. The highest BCUT2D eigenvalue weighted by Crippen LogP contribution is 2.26. The Morgan fingerprint density at radius 1 is 1.44 bits per heavy atom. The Balaban J connectivity index is 2.39. The second-order valence-electron chi connectivity index (χ2n) is 5.56. The molecule has 0 fully saturated rings. The van der Waals surface area contributed by atoms with E-state index in [1.807, 2.05) is 0 Å². The van der Waals surface area contributed by atoms with Gasteiger partial charge in [0.2, 0.25) is 0 Å². The van der Waals surface area contributed by atoms with Crippen molar-refractivity contribution in [1.29, 1.82) is 0 Å². The molecular weight excluding hydrogens is 216 g/mol.